The molecule has 1 aliphatic heterocycles. The molecule has 0 radical (unpaired) electrons. The Hall–Kier alpha value is -2.67. The van der Waals surface area contributed by atoms with E-state index in [0.29, 0.717) is 17.9 Å². The zero-order valence-corrected chi connectivity index (χ0v) is 15.1. The quantitative estimate of drug-likeness (QED) is 0.808. The summed E-state index contributed by atoms with van der Waals surface area (Å²) in [6, 6.07) is 7.63. The normalized spacial score (nSPS) is 23.4. The number of amides is 2. The van der Waals surface area contributed by atoms with Gasteiger partial charge >= 0.3 is 0 Å². The number of Topliss-reactive ketones (excluding diaryl/α,β-unsaturated/α-hetero) is 1. The lowest BCUT2D eigenvalue weighted by molar-refractivity contribution is -0.127. The standard InChI is InChI=1S/C20H22N2O5/c1-11-18(15(23)10-26-11)22-19(24)14(8-12-6-7-12)21-20(25)17-9-13-4-2-3-5-16(13)27-17/h2-5,9,11-12,14,18H,6-8,10H2,1H3,(H,21,25)(H,22,24)/t11-,14?,18+/m1/s1. The fourth-order valence-electron chi connectivity index (χ4n) is 3.35. The van der Waals surface area contributed by atoms with Crippen molar-refractivity contribution in [3.8, 4) is 0 Å². The van der Waals surface area contributed by atoms with Gasteiger partial charge in [-0.05, 0) is 31.4 Å². The number of hydrogen-bond donors (Lipinski definition) is 2. The predicted octanol–water partition coefficient (Wildman–Crippen LogP) is 1.80. The molecule has 2 N–H and O–H groups in total. The monoisotopic (exact) mass is 370 g/mol. The Balaban J connectivity index is 1.47. The molecule has 0 bridgehead atoms. The lowest BCUT2D eigenvalue weighted by Crippen LogP contribution is -2.53. The van der Waals surface area contributed by atoms with Crippen LogP contribution in [0.5, 0.6) is 0 Å². The largest absolute Gasteiger partial charge is 0.451 e. The summed E-state index contributed by atoms with van der Waals surface area (Å²) in [5, 5.41) is 6.34. The number of furan rings is 1. The number of nitrogens with one attached hydrogen (secondary N) is 2. The van der Waals surface area contributed by atoms with Gasteiger partial charge in [-0.15, -0.1) is 0 Å². The first-order valence-electron chi connectivity index (χ1n) is 9.25. The van der Waals surface area contributed by atoms with Crippen LogP contribution in [0.1, 0.15) is 36.7 Å². The Morgan fingerprint density at radius 2 is 2.04 bits per heavy atom. The summed E-state index contributed by atoms with van der Waals surface area (Å²) >= 11 is 0. The van der Waals surface area contributed by atoms with E-state index in [0.717, 1.165) is 18.2 Å². The minimum absolute atomic E-state index is 0.00471. The van der Waals surface area contributed by atoms with Gasteiger partial charge in [-0.2, -0.15) is 0 Å². The molecule has 7 heteroatoms. The van der Waals surface area contributed by atoms with Gasteiger partial charge in [0.2, 0.25) is 5.91 Å². The van der Waals surface area contributed by atoms with Crippen molar-refractivity contribution in [2.45, 2.75) is 44.4 Å². The van der Waals surface area contributed by atoms with Crippen LogP contribution < -0.4 is 10.6 Å². The van der Waals surface area contributed by atoms with Crippen molar-refractivity contribution < 1.29 is 23.5 Å². The van der Waals surface area contributed by atoms with E-state index < -0.39 is 18.0 Å². The van der Waals surface area contributed by atoms with E-state index in [2.05, 4.69) is 10.6 Å². The van der Waals surface area contributed by atoms with Crippen LogP contribution >= 0.6 is 0 Å². The van der Waals surface area contributed by atoms with Crippen LogP contribution in [-0.4, -0.2) is 42.4 Å². The highest BCUT2D eigenvalue weighted by molar-refractivity contribution is 5.99. The number of ketones is 1. The summed E-state index contributed by atoms with van der Waals surface area (Å²) in [5.74, 6) is -0.358. The van der Waals surface area contributed by atoms with Crippen LogP contribution in [0.25, 0.3) is 11.0 Å². The molecule has 27 heavy (non-hydrogen) atoms. The third kappa shape index (κ3) is 3.88. The van der Waals surface area contributed by atoms with Gasteiger partial charge in [-0.3, -0.25) is 14.4 Å². The van der Waals surface area contributed by atoms with E-state index >= 15 is 0 Å². The second kappa shape index (κ2) is 7.15. The van der Waals surface area contributed by atoms with Crippen LogP contribution in [0.15, 0.2) is 34.7 Å². The molecule has 2 aliphatic rings. The maximum atomic E-state index is 12.7. The fourth-order valence-corrected chi connectivity index (χ4v) is 3.35. The minimum Gasteiger partial charge on any atom is -0.451 e. The number of hydrogen-bond acceptors (Lipinski definition) is 5. The highest BCUT2D eigenvalue weighted by Gasteiger charge is 2.37. The first kappa shape index (κ1) is 17.7. The molecule has 1 aromatic carbocycles. The Bertz CT molecular complexity index is 852. The molecule has 1 aliphatic carbocycles. The summed E-state index contributed by atoms with van der Waals surface area (Å²) in [5.41, 5.74) is 0.619. The third-order valence-corrected chi connectivity index (χ3v) is 5.14. The lowest BCUT2D eigenvalue weighted by atomic mass is 10.1. The molecular formula is C20H22N2O5. The average molecular weight is 370 g/mol. The van der Waals surface area contributed by atoms with E-state index in [1.54, 1.807) is 19.1 Å². The molecule has 2 aromatic rings. The highest BCUT2D eigenvalue weighted by Crippen LogP contribution is 2.33. The lowest BCUT2D eigenvalue weighted by Gasteiger charge is -2.21. The van der Waals surface area contributed by atoms with Gasteiger partial charge in [0.1, 0.15) is 24.3 Å². The van der Waals surface area contributed by atoms with Crippen molar-refractivity contribution in [3.05, 3.63) is 36.1 Å². The number of para-hydroxylation sites is 1. The van der Waals surface area contributed by atoms with Crippen LogP contribution in [0.2, 0.25) is 0 Å². The second-order valence-electron chi connectivity index (χ2n) is 7.32. The molecule has 3 atom stereocenters. The molecule has 2 heterocycles. The van der Waals surface area contributed by atoms with Gasteiger partial charge in [0.15, 0.2) is 11.5 Å². The topological polar surface area (TPSA) is 97.6 Å². The molecule has 0 spiro atoms. The van der Waals surface area contributed by atoms with Crippen LogP contribution in [0.3, 0.4) is 0 Å². The molecule has 1 saturated heterocycles. The number of carbonyl (C=O) groups excluding carboxylic acids is 3. The molecule has 2 fully saturated rings. The molecule has 1 aromatic heterocycles. The first-order valence-corrected chi connectivity index (χ1v) is 9.25. The number of carbonyl (C=O) groups is 3. The van der Waals surface area contributed by atoms with E-state index in [4.69, 9.17) is 9.15 Å². The summed E-state index contributed by atoms with van der Waals surface area (Å²) in [6.45, 7) is 1.75. The number of rotatable bonds is 6. The van der Waals surface area contributed by atoms with Crippen molar-refractivity contribution in [1.29, 1.82) is 0 Å². The maximum absolute atomic E-state index is 12.7. The number of ether oxygens (including phenoxy) is 1. The summed E-state index contributed by atoms with van der Waals surface area (Å²) in [7, 11) is 0. The Morgan fingerprint density at radius 1 is 1.26 bits per heavy atom. The Morgan fingerprint density at radius 3 is 2.70 bits per heavy atom. The van der Waals surface area contributed by atoms with Gasteiger partial charge in [0.05, 0.1) is 6.10 Å². The zero-order chi connectivity index (χ0) is 19.0. The average Bonchev–Trinajstić information content (AvgIpc) is 3.28. The summed E-state index contributed by atoms with van der Waals surface area (Å²) < 4.78 is 10.8. The Kier molecular flexibility index (Phi) is 4.70. The molecular weight excluding hydrogens is 348 g/mol. The smallest absolute Gasteiger partial charge is 0.287 e. The van der Waals surface area contributed by atoms with Gasteiger partial charge < -0.3 is 19.8 Å². The molecule has 1 saturated carbocycles. The van der Waals surface area contributed by atoms with Crippen LogP contribution in [0.4, 0.5) is 0 Å². The van der Waals surface area contributed by atoms with Gasteiger partial charge in [-0.1, -0.05) is 31.0 Å². The number of fused-ring (bicyclic) bond motifs is 1. The van der Waals surface area contributed by atoms with Crippen molar-refractivity contribution in [3.63, 3.8) is 0 Å². The van der Waals surface area contributed by atoms with Crippen molar-refractivity contribution in [2.24, 2.45) is 5.92 Å². The van der Waals surface area contributed by atoms with Crippen molar-refractivity contribution in [2.75, 3.05) is 6.61 Å². The summed E-state index contributed by atoms with van der Waals surface area (Å²) in [4.78, 5) is 37.2. The molecule has 7 nitrogen and oxygen atoms in total. The minimum atomic E-state index is -0.709. The van der Waals surface area contributed by atoms with Gasteiger partial charge in [0, 0.05) is 5.39 Å². The molecule has 4 rings (SSSR count). The van der Waals surface area contributed by atoms with E-state index in [1.165, 1.54) is 0 Å². The molecule has 142 valence electrons. The van der Waals surface area contributed by atoms with E-state index in [-0.39, 0.29) is 30.2 Å². The second-order valence-corrected chi connectivity index (χ2v) is 7.32. The third-order valence-electron chi connectivity index (χ3n) is 5.14. The maximum Gasteiger partial charge on any atom is 0.287 e. The summed E-state index contributed by atoms with van der Waals surface area (Å²) in [6.07, 6.45) is 2.28. The van der Waals surface area contributed by atoms with Gasteiger partial charge in [0.25, 0.3) is 5.91 Å². The molecule has 2 amide bonds. The zero-order valence-electron chi connectivity index (χ0n) is 15.1. The van der Waals surface area contributed by atoms with E-state index in [1.807, 2.05) is 18.2 Å². The molecule has 1 unspecified atom stereocenters. The fraction of sp³-hybridized carbons (Fsp3) is 0.450. The predicted molar refractivity (Wildman–Crippen MR) is 97.2 cm³/mol. The first-order chi connectivity index (χ1) is 13.0. The highest BCUT2D eigenvalue weighted by atomic mass is 16.5. The van der Waals surface area contributed by atoms with Crippen LogP contribution in [0, 0.1) is 5.92 Å². The van der Waals surface area contributed by atoms with E-state index in [9.17, 15) is 14.4 Å². The SMILES string of the molecule is C[C@H]1OCC(=O)[C@H]1NC(=O)C(CC1CC1)NC(=O)c1cc2ccccc2o1. The van der Waals surface area contributed by atoms with Gasteiger partial charge in [-0.25, -0.2) is 0 Å². The van der Waals surface area contributed by atoms with Crippen molar-refractivity contribution in [1.82, 2.24) is 10.6 Å². The van der Waals surface area contributed by atoms with Crippen LogP contribution in [-0.2, 0) is 14.3 Å². The number of benzene rings is 1. The van der Waals surface area contributed by atoms with Crippen molar-refractivity contribution >= 4 is 28.6 Å². The Labute approximate surface area is 156 Å².